The predicted molar refractivity (Wildman–Crippen MR) is 139 cm³/mol. The number of hydrogen-bond donors (Lipinski definition) is 1. The minimum atomic E-state index is -0.459. The number of furan rings is 1. The summed E-state index contributed by atoms with van der Waals surface area (Å²) in [6.07, 6.45) is 1.69. The fourth-order valence-electron chi connectivity index (χ4n) is 4.01. The molecule has 0 amide bonds. The van der Waals surface area contributed by atoms with Crippen molar-refractivity contribution in [1.29, 1.82) is 0 Å². The van der Waals surface area contributed by atoms with E-state index in [1.54, 1.807) is 10.6 Å². The molecule has 0 atom stereocenters. The molecule has 36 heavy (non-hydrogen) atoms. The molecule has 0 radical (unpaired) electrons. The number of ether oxygens (including phenoxy) is 1. The van der Waals surface area contributed by atoms with E-state index >= 15 is 0 Å². The summed E-state index contributed by atoms with van der Waals surface area (Å²) in [6, 6.07) is 10.5. The van der Waals surface area contributed by atoms with Crippen molar-refractivity contribution in [3.05, 3.63) is 70.3 Å². The Kier molecular flexibility index (Phi) is 8.05. The third-order valence-corrected chi connectivity index (χ3v) is 7.17. The molecule has 0 bridgehead atoms. The Morgan fingerprint density at radius 2 is 1.94 bits per heavy atom. The predicted octanol–water partition coefficient (Wildman–Crippen LogP) is 5.26. The topological polar surface area (TPSA) is 80.7 Å². The van der Waals surface area contributed by atoms with E-state index in [1.807, 2.05) is 24.8 Å². The number of nitrogens with one attached hydrogen (secondary N) is 1. The minimum Gasteiger partial charge on any atom is -0.464 e. The number of hydrogen-bond acceptors (Lipinski definition) is 8. The van der Waals surface area contributed by atoms with Crippen LogP contribution in [0.1, 0.15) is 29.5 Å². The largest absolute Gasteiger partial charge is 0.464 e. The highest BCUT2D eigenvalue weighted by Crippen LogP contribution is 2.24. The third-order valence-electron chi connectivity index (χ3n) is 5.81. The fourth-order valence-corrected chi connectivity index (χ4v) is 5.04. The maximum Gasteiger partial charge on any atom is 0.254 e. The zero-order valence-electron chi connectivity index (χ0n) is 20.0. The van der Waals surface area contributed by atoms with E-state index < -0.39 is 5.82 Å². The van der Waals surface area contributed by atoms with Gasteiger partial charge in [-0.2, -0.15) is 21.3 Å². The van der Waals surface area contributed by atoms with Gasteiger partial charge in [0.15, 0.2) is 5.82 Å². The van der Waals surface area contributed by atoms with Crippen LogP contribution in [0.15, 0.2) is 40.8 Å². The first-order valence-corrected chi connectivity index (χ1v) is 13.5. The zero-order chi connectivity index (χ0) is 24.9. The first-order chi connectivity index (χ1) is 17.5. The first-order valence-electron chi connectivity index (χ1n) is 11.9. The number of thioether (sulfide) groups is 1. The summed E-state index contributed by atoms with van der Waals surface area (Å²) in [4.78, 5) is 11.4. The molecule has 4 heterocycles. The van der Waals surface area contributed by atoms with Crippen LogP contribution in [0.2, 0.25) is 5.02 Å². The SMILES string of the molecule is Cc1cc(Nc2ccc(F)c(Cl)c2)n2nc(CCCSCc3ccc(CN4CCOCC4)o3)nc2n1. The van der Waals surface area contributed by atoms with Gasteiger partial charge in [-0.25, -0.2) is 9.37 Å². The Morgan fingerprint density at radius 1 is 1.11 bits per heavy atom. The molecule has 11 heteroatoms. The summed E-state index contributed by atoms with van der Waals surface area (Å²) in [7, 11) is 0. The molecule has 0 saturated carbocycles. The smallest absolute Gasteiger partial charge is 0.254 e. The van der Waals surface area contributed by atoms with Gasteiger partial charge in [0.05, 0.1) is 30.5 Å². The molecule has 1 fully saturated rings. The number of aryl methyl sites for hydroxylation is 2. The van der Waals surface area contributed by atoms with E-state index in [4.69, 9.17) is 20.8 Å². The van der Waals surface area contributed by atoms with E-state index in [-0.39, 0.29) is 5.02 Å². The van der Waals surface area contributed by atoms with Gasteiger partial charge in [-0.15, -0.1) is 5.10 Å². The number of morpholine rings is 1. The van der Waals surface area contributed by atoms with Gasteiger partial charge in [0, 0.05) is 37.0 Å². The second-order valence-electron chi connectivity index (χ2n) is 8.69. The first kappa shape index (κ1) is 25.0. The van der Waals surface area contributed by atoms with Gasteiger partial charge in [-0.05, 0) is 49.4 Å². The molecule has 0 spiro atoms. The second kappa shape index (κ2) is 11.6. The van der Waals surface area contributed by atoms with Crippen molar-refractivity contribution in [2.75, 3.05) is 37.4 Å². The second-order valence-corrected chi connectivity index (χ2v) is 10.2. The van der Waals surface area contributed by atoms with E-state index in [0.29, 0.717) is 17.3 Å². The molecule has 1 aliphatic rings. The number of anilines is 2. The average Bonchev–Trinajstić information content (AvgIpc) is 3.48. The van der Waals surface area contributed by atoms with Crippen LogP contribution in [-0.4, -0.2) is 56.5 Å². The lowest BCUT2D eigenvalue weighted by Crippen LogP contribution is -2.35. The summed E-state index contributed by atoms with van der Waals surface area (Å²) >= 11 is 7.76. The van der Waals surface area contributed by atoms with Crippen molar-refractivity contribution in [1.82, 2.24) is 24.5 Å². The summed E-state index contributed by atoms with van der Waals surface area (Å²) in [5.41, 5.74) is 1.46. The van der Waals surface area contributed by atoms with Crippen LogP contribution < -0.4 is 5.32 Å². The van der Waals surface area contributed by atoms with Crippen molar-refractivity contribution < 1.29 is 13.5 Å². The molecule has 1 aromatic carbocycles. The summed E-state index contributed by atoms with van der Waals surface area (Å²) in [5, 5.41) is 7.93. The van der Waals surface area contributed by atoms with E-state index in [9.17, 15) is 4.39 Å². The van der Waals surface area contributed by atoms with Crippen molar-refractivity contribution in [2.45, 2.75) is 32.1 Å². The summed E-state index contributed by atoms with van der Waals surface area (Å²) in [6.45, 7) is 6.23. The standard InChI is InChI=1S/C25H28ClFN6O2S/c1-17-13-24(29-18-4-7-22(27)21(26)14-18)33-25(28-17)30-23(31-33)3-2-12-36-16-20-6-5-19(35-20)15-32-8-10-34-11-9-32/h4-7,13-14,29H,2-3,8-12,15-16H2,1H3. The minimum absolute atomic E-state index is 0.0571. The summed E-state index contributed by atoms with van der Waals surface area (Å²) < 4.78 is 26.6. The van der Waals surface area contributed by atoms with Crippen molar-refractivity contribution in [3.63, 3.8) is 0 Å². The van der Waals surface area contributed by atoms with Crippen LogP contribution in [-0.2, 0) is 23.5 Å². The molecule has 190 valence electrons. The Balaban J connectivity index is 1.12. The zero-order valence-corrected chi connectivity index (χ0v) is 21.6. The average molecular weight is 531 g/mol. The summed E-state index contributed by atoms with van der Waals surface area (Å²) in [5.74, 6) is 5.33. The van der Waals surface area contributed by atoms with Gasteiger partial charge in [-0.1, -0.05) is 11.6 Å². The molecule has 0 aliphatic carbocycles. The van der Waals surface area contributed by atoms with Gasteiger partial charge in [0.2, 0.25) is 0 Å². The Morgan fingerprint density at radius 3 is 2.78 bits per heavy atom. The Bertz CT molecular complexity index is 1320. The normalized spacial score (nSPS) is 14.5. The van der Waals surface area contributed by atoms with Gasteiger partial charge in [0.25, 0.3) is 5.78 Å². The van der Waals surface area contributed by atoms with Crippen molar-refractivity contribution in [3.8, 4) is 0 Å². The van der Waals surface area contributed by atoms with Crippen molar-refractivity contribution in [2.24, 2.45) is 0 Å². The van der Waals surface area contributed by atoms with E-state index in [0.717, 1.165) is 80.2 Å². The highest BCUT2D eigenvalue weighted by Gasteiger charge is 2.14. The molecule has 1 N–H and O–H groups in total. The molecule has 3 aromatic heterocycles. The lowest BCUT2D eigenvalue weighted by molar-refractivity contribution is 0.0312. The van der Waals surface area contributed by atoms with Crippen LogP contribution in [0, 0.1) is 12.7 Å². The Hall–Kier alpha value is -2.66. The van der Waals surface area contributed by atoms with Crippen LogP contribution >= 0.6 is 23.4 Å². The number of aromatic nitrogens is 4. The third kappa shape index (κ3) is 6.36. The van der Waals surface area contributed by atoms with Crippen LogP contribution in [0.3, 0.4) is 0 Å². The van der Waals surface area contributed by atoms with Gasteiger partial charge < -0.3 is 14.5 Å². The monoisotopic (exact) mass is 530 g/mol. The van der Waals surface area contributed by atoms with Crippen molar-refractivity contribution >= 4 is 40.6 Å². The highest BCUT2D eigenvalue weighted by atomic mass is 35.5. The van der Waals surface area contributed by atoms with Crippen LogP contribution in [0.5, 0.6) is 0 Å². The van der Waals surface area contributed by atoms with Crippen LogP contribution in [0.25, 0.3) is 5.78 Å². The van der Waals surface area contributed by atoms with Gasteiger partial charge in [-0.3, -0.25) is 4.90 Å². The van der Waals surface area contributed by atoms with Crippen LogP contribution in [0.4, 0.5) is 15.9 Å². The van der Waals surface area contributed by atoms with E-state index in [1.165, 1.54) is 12.1 Å². The molecule has 5 rings (SSSR count). The number of fused-ring (bicyclic) bond motifs is 1. The number of benzene rings is 1. The Labute approximate surface area is 218 Å². The maximum absolute atomic E-state index is 13.5. The molecule has 0 unspecified atom stereocenters. The van der Waals surface area contributed by atoms with Gasteiger partial charge in [0.1, 0.15) is 23.2 Å². The van der Waals surface area contributed by atoms with Gasteiger partial charge >= 0.3 is 0 Å². The van der Waals surface area contributed by atoms with E-state index in [2.05, 4.69) is 37.4 Å². The highest BCUT2D eigenvalue weighted by molar-refractivity contribution is 7.98. The molecular formula is C25H28ClFN6O2S. The molecular weight excluding hydrogens is 503 g/mol. The fraction of sp³-hybridized carbons (Fsp3) is 0.400. The molecule has 1 aliphatic heterocycles. The lowest BCUT2D eigenvalue weighted by atomic mass is 10.3. The quantitative estimate of drug-likeness (QED) is 0.278. The molecule has 1 saturated heterocycles. The molecule has 8 nitrogen and oxygen atoms in total. The number of nitrogens with zero attached hydrogens (tertiary/aromatic N) is 5. The maximum atomic E-state index is 13.5. The number of rotatable bonds is 10. The lowest BCUT2D eigenvalue weighted by Gasteiger charge is -2.25. The number of halogens is 2. The molecule has 4 aromatic rings.